The van der Waals surface area contributed by atoms with Gasteiger partial charge in [-0.3, -0.25) is 5.41 Å². The van der Waals surface area contributed by atoms with E-state index in [2.05, 4.69) is 12.2 Å². The SMILES string of the molecule is CCCCN(SSC(=N)COC(=O)NC)P(=S)(OC)OC. The molecule has 2 N–H and O–H groups in total. The third-order valence-corrected chi connectivity index (χ3v) is 9.00. The predicted octanol–water partition coefficient (Wildman–Crippen LogP) is 3.24. The molecule has 0 aliphatic carbocycles. The third kappa shape index (κ3) is 8.39. The molecule has 0 aliphatic heterocycles. The molecule has 0 heterocycles. The highest BCUT2D eigenvalue weighted by Crippen LogP contribution is 2.57. The first-order chi connectivity index (χ1) is 9.93. The van der Waals surface area contributed by atoms with Crippen molar-refractivity contribution in [2.75, 3.05) is 34.4 Å². The molecule has 0 atom stereocenters. The highest BCUT2D eigenvalue weighted by molar-refractivity contribution is 8.82. The Morgan fingerprint density at radius 3 is 2.52 bits per heavy atom. The van der Waals surface area contributed by atoms with Crippen LogP contribution in [-0.2, 0) is 25.6 Å². The molecule has 0 radical (unpaired) electrons. The van der Waals surface area contributed by atoms with Gasteiger partial charge < -0.3 is 19.1 Å². The first kappa shape index (κ1) is 21.2. The number of carbonyl (C=O) groups is 1. The van der Waals surface area contributed by atoms with Gasteiger partial charge in [-0.25, -0.2) is 4.79 Å². The molecule has 21 heavy (non-hydrogen) atoms. The second-order valence-electron chi connectivity index (χ2n) is 3.67. The van der Waals surface area contributed by atoms with E-state index in [4.69, 9.17) is 31.0 Å². The van der Waals surface area contributed by atoms with Crippen LogP contribution in [0.5, 0.6) is 0 Å². The highest BCUT2D eigenvalue weighted by Gasteiger charge is 2.27. The van der Waals surface area contributed by atoms with Gasteiger partial charge in [0, 0.05) is 38.8 Å². The Bertz CT molecular complexity index is 379. The zero-order valence-corrected chi connectivity index (χ0v) is 15.9. The summed E-state index contributed by atoms with van der Waals surface area (Å²) >= 11 is 5.41. The summed E-state index contributed by atoms with van der Waals surface area (Å²) in [6.45, 7) is 0.176. The molecule has 11 heteroatoms. The number of nitrogens with one attached hydrogen (secondary N) is 2. The van der Waals surface area contributed by atoms with E-state index in [1.807, 2.05) is 4.08 Å². The van der Waals surface area contributed by atoms with Crippen molar-refractivity contribution in [3.8, 4) is 0 Å². The summed E-state index contributed by atoms with van der Waals surface area (Å²) in [6.07, 6.45) is 1.40. The van der Waals surface area contributed by atoms with Gasteiger partial charge in [-0.15, -0.1) is 0 Å². The van der Waals surface area contributed by atoms with E-state index in [0.717, 1.165) is 12.8 Å². The van der Waals surface area contributed by atoms with Crippen molar-refractivity contribution in [2.24, 2.45) is 0 Å². The smallest absolute Gasteiger partial charge is 0.407 e. The standard InChI is InChI=1S/C10H22N3O4PS3/c1-5-6-7-13(18(19,15-3)16-4)21-20-9(11)8-17-10(14)12-2/h11H,5-8H2,1-4H3,(H,12,14). The molecule has 7 nitrogen and oxygen atoms in total. The van der Waals surface area contributed by atoms with Crippen molar-refractivity contribution < 1.29 is 18.6 Å². The van der Waals surface area contributed by atoms with Gasteiger partial charge in [0.1, 0.15) is 11.7 Å². The summed E-state index contributed by atoms with van der Waals surface area (Å²) in [7, 11) is 6.97. The molecule has 0 fully saturated rings. The minimum absolute atomic E-state index is 0.0816. The van der Waals surface area contributed by atoms with E-state index in [1.54, 1.807) is 0 Å². The van der Waals surface area contributed by atoms with Gasteiger partial charge in [0.2, 0.25) is 0 Å². The summed E-state index contributed by atoms with van der Waals surface area (Å²) in [5.74, 6) is 0. The molecule has 0 rings (SSSR count). The van der Waals surface area contributed by atoms with Crippen LogP contribution in [0.4, 0.5) is 4.79 Å². The van der Waals surface area contributed by atoms with E-state index in [0.29, 0.717) is 6.54 Å². The molecule has 0 aromatic heterocycles. The van der Waals surface area contributed by atoms with Gasteiger partial charge in [-0.1, -0.05) is 13.3 Å². The van der Waals surface area contributed by atoms with Crippen LogP contribution in [0.3, 0.4) is 0 Å². The van der Waals surface area contributed by atoms with Crippen LogP contribution in [0.1, 0.15) is 19.8 Å². The molecule has 0 saturated carbocycles. The second-order valence-corrected chi connectivity index (χ2v) is 9.67. The van der Waals surface area contributed by atoms with Crippen LogP contribution in [0.2, 0.25) is 0 Å². The number of amides is 1. The zero-order valence-electron chi connectivity index (χ0n) is 12.6. The number of hydrogen-bond donors (Lipinski definition) is 2. The Morgan fingerprint density at radius 1 is 1.43 bits per heavy atom. The summed E-state index contributed by atoms with van der Waals surface area (Å²) in [5.41, 5.74) is 0. The van der Waals surface area contributed by atoms with Gasteiger partial charge in [0.25, 0.3) is 6.64 Å². The van der Waals surface area contributed by atoms with E-state index < -0.39 is 12.7 Å². The second kappa shape index (κ2) is 11.7. The average molecular weight is 375 g/mol. The maximum absolute atomic E-state index is 10.9. The Kier molecular flexibility index (Phi) is 11.8. The number of unbranched alkanes of at least 4 members (excludes halogenated alkanes) is 1. The Morgan fingerprint density at radius 2 is 2.05 bits per heavy atom. The maximum atomic E-state index is 10.9. The van der Waals surface area contributed by atoms with Crippen molar-refractivity contribution in [3.63, 3.8) is 0 Å². The molecular weight excluding hydrogens is 353 g/mol. The van der Waals surface area contributed by atoms with Crippen molar-refractivity contribution in [1.82, 2.24) is 9.39 Å². The van der Waals surface area contributed by atoms with E-state index in [1.165, 1.54) is 43.0 Å². The first-order valence-electron chi connectivity index (χ1n) is 6.19. The Labute approximate surface area is 139 Å². The minimum Gasteiger partial charge on any atom is -0.442 e. The van der Waals surface area contributed by atoms with Gasteiger partial charge in [-0.05, 0) is 29.0 Å². The molecule has 124 valence electrons. The number of ether oxygens (including phenoxy) is 1. The molecule has 0 aliphatic rings. The first-order valence-corrected chi connectivity index (χ1v) is 10.9. The summed E-state index contributed by atoms with van der Waals surface area (Å²) in [5, 5.41) is 10.3. The van der Waals surface area contributed by atoms with Crippen molar-refractivity contribution in [2.45, 2.75) is 19.8 Å². The Hall–Kier alpha value is 0.170. The van der Waals surface area contributed by atoms with Gasteiger partial charge in [0.05, 0.1) is 0 Å². The number of rotatable bonds is 10. The summed E-state index contributed by atoms with van der Waals surface area (Å²) in [6, 6.07) is 0. The van der Waals surface area contributed by atoms with Crippen LogP contribution in [0.15, 0.2) is 0 Å². The minimum atomic E-state index is -2.53. The fourth-order valence-corrected chi connectivity index (χ4v) is 6.09. The normalized spacial score (nSPS) is 11.5. The molecular formula is C10H22N3O4PS3. The van der Waals surface area contributed by atoms with Crippen LogP contribution >= 0.6 is 28.4 Å². The van der Waals surface area contributed by atoms with Crippen LogP contribution in [0, 0.1) is 5.41 Å². The number of hydrogen-bond acceptors (Lipinski definition) is 8. The fourth-order valence-electron chi connectivity index (χ4n) is 1.07. The van der Waals surface area contributed by atoms with Gasteiger partial charge in [-0.2, -0.15) is 4.08 Å². The topological polar surface area (TPSA) is 83.9 Å². The Balaban J connectivity index is 4.44. The van der Waals surface area contributed by atoms with Crippen LogP contribution in [0.25, 0.3) is 0 Å². The van der Waals surface area contributed by atoms with Gasteiger partial charge in [0.15, 0.2) is 0 Å². The van der Waals surface area contributed by atoms with Crippen LogP contribution < -0.4 is 5.32 Å². The molecule has 0 unspecified atom stereocenters. The number of nitrogens with zero attached hydrogens (tertiary/aromatic N) is 1. The lowest BCUT2D eigenvalue weighted by molar-refractivity contribution is 0.164. The average Bonchev–Trinajstić information content (AvgIpc) is 2.51. The van der Waals surface area contributed by atoms with Crippen molar-refractivity contribution in [1.29, 1.82) is 5.41 Å². The van der Waals surface area contributed by atoms with Crippen molar-refractivity contribution in [3.05, 3.63) is 0 Å². The lowest BCUT2D eigenvalue weighted by Gasteiger charge is -2.29. The lowest BCUT2D eigenvalue weighted by Crippen LogP contribution is -2.21. The highest BCUT2D eigenvalue weighted by atomic mass is 33.1. The summed E-state index contributed by atoms with van der Waals surface area (Å²) < 4.78 is 17.3. The lowest BCUT2D eigenvalue weighted by atomic mass is 10.3. The molecule has 1 amide bonds. The largest absolute Gasteiger partial charge is 0.442 e. The monoisotopic (exact) mass is 375 g/mol. The molecule has 0 bridgehead atoms. The van der Waals surface area contributed by atoms with Crippen LogP contribution in [-0.4, -0.2) is 49.6 Å². The molecule has 0 aromatic rings. The van der Waals surface area contributed by atoms with Gasteiger partial charge >= 0.3 is 6.09 Å². The zero-order chi connectivity index (χ0) is 16.3. The van der Waals surface area contributed by atoms with E-state index >= 15 is 0 Å². The van der Waals surface area contributed by atoms with E-state index in [9.17, 15) is 4.79 Å². The predicted molar refractivity (Wildman–Crippen MR) is 93.2 cm³/mol. The number of alkyl carbamates (subject to hydrolysis) is 1. The quantitative estimate of drug-likeness (QED) is 0.198. The van der Waals surface area contributed by atoms with E-state index in [-0.39, 0.29) is 11.7 Å². The number of carbonyl (C=O) groups excluding carboxylic acids is 1. The molecule has 0 spiro atoms. The maximum Gasteiger partial charge on any atom is 0.407 e. The van der Waals surface area contributed by atoms with Crippen molar-refractivity contribution >= 4 is 51.4 Å². The summed E-state index contributed by atoms with van der Waals surface area (Å²) in [4.78, 5) is 10.9. The molecule has 0 saturated heterocycles. The molecule has 0 aromatic carbocycles. The third-order valence-electron chi connectivity index (χ3n) is 2.20. The fraction of sp³-hybridized carbons (Fsp3) is 0.800.